The number of hydrogen-bond donors (Lipinski definition) is 1. The average molecular weight is 391 g/mol. The number of esters is 1. The highest BCUT2D eigenvalue weighted by Gasteiger charge is 2.21. The summed E-state index contributed by atoms with van der Waals surface area (Å²) in [5.74, 6) is -0.704. The molecule has 0 aliphatic carbocycles. The van der Waals surface area contributed by atoms with Gasteiger partial charge in [-0.15, -0.1) is 0 Å². The lowest BCUT2D eigenvalue weighted by molar-refractivity contribution is -0.124. The first-order valence-corrected chi connectivity index (χ1v) is 9.57. The fourth-order valence-electron chi connectivity index (χ4n) is 3.18. The number of carbonyl (C=O) groups excluding carboxylic acids is 2. The van der Waals surface area contributed by atoms with Crippen LogP contribution in [0.15, 0.2) is 60.7 Å². The summed E-state index contributed by atoms with van der Waals surface area (Å²) in [5.41, 5.74) is 3.63. The second-order valence-corrected chi connectivity index (χ2v) is 6.99. The molecule has 1 atom stereocenters. The van der Waals surface area contributed by atoms with Crippen LogP contribution >= 0.6 is 0 Å². The Bertz CT molecular complexity index is 981. The Labute approximate surface area is 170 Å². The van der Waals surface area contributed by atoms with Crippen molar-refractivity contribution in [3.05, 3.63) is 83.2 Å². The summed E-state index contributed by atoms with van der Waals surface area (Å²) < 4.78 is 6.94. The molecule has 1 N–H and O–H groups in total. The number of nitrogens with one attached hydrogen (secondary N) is 1. The van der Waals surface area contributed by atoms with E-state index in [0.717, 1.165) is 11.3 Å². The summed E-state index contributed by atoms with van der Waals surface area (Å²) in [6.45, 7) is 5.75. The van der Waals surface area contributed by atoms with Gasteiger partial charge in [0.1, 0.15) is 5.56 Å². The Morgan fingerprint density at radius 1 is 1.03 bits per heavy atom. The molecule has 0 bridgehead atoms. The molecule has 1 amide bonds. The fraction of sp³-hybridized carbons (Fsp3) is 0.261. The van der Waals surface area contributed by atoms with Crippen molar-refractivity contribution < 1.29 is 14.3 Å². The largest absolute Gasteiger partial charge is 0.452 e. The smallest absolute Gasteiger partial charge is 0.342 e. The van der Waals surface area contributed by atoms with Crippen LogP contribution in [0.1, 0.15) is 40.2 Å². The van der Waals surface area contributed by atoms with E-state index in [9.17, 15) is 9.59 Å². The SMILES string of the molecule is Cc1nn(-c2ccccc2)c(C)c1C(=O)OCC(=O)NC[C@@H](C)c1ccccc1. The molecule has 0 saturated heterocycles. The zero-order valence-corrected chi connectivity index (χ0v) is 16.9. The molecule has 0 unspecified atom stereocenters. The number of benzene rings is 2. The van der Waals surface area contributed by atoms with E-state index in [1.165, 1.54) is 0 Å². The first kappa shape index (κ1) is 20.3. The third kappa shape index (κ3) is 4.90. The fourth-order valence-corrected chi connectivity index (χ4v) is 3.18. The van der Waals surface area contributed by atoms with Gasteiger partial charge in [-0.2, -0.15) is 5.10 Å². The standard InChI is InChI=1S/C23H25N3O3/c1-16(19-10-6-4-7-11-19)14-24-21(27)15-29-23(28)22-17(2)25-26(18(22)3)20-12-8-5-9-13-20/h4-13,16H,14-15H2,1-3H3,(H,24,27)/t16-/m1/s1. The maximum absolute atomic E-state index is 12.5. The van der Waals surface area contributed by atoms with Gasteiger partial charge in [-0.3, -0.25) is 4.79 Å². The van der Waals surface area contributed by atoms with Crippen LogP contribution in [-0.4, -0.2) is 34.8 Å². The van der Waals surface area contributed by atoms with E-state index in [1.54, 1.807) is 11.6 Å². The molecule has 1 aromatic heterocycles. The molecular weight excluding hydrogens is 366 g/mol. The normalized spacial score (nSPS) is 11.7. The van der Waals surface area contributed by atoms with Crippen molar-refractivity contribution in [1.29, 1.82) is 0 Å². The second kappa shape index (κ2) is 9.19. The molecule has 0 aliphatic rings. The van der Waals surface area contributed by atoms with E-state index in [4.69, 9.17) is 4.74 Å². The van der Waals surface area contributed by atoms with E-state index < -0.39 is 5.97 Å². The summed E-state index contributed by atoms with van der Waals surface area (Å²) >= 11 is 0. The van der Waals surface area contributed by atoms with Gasteiger partial charge in [0.25, 0.3) is 5.91 Å². The molecule has 3 aromatic rings. The highest BCUT2D eigenvalue weighted by atomic mass is 16.5. The van der Waals surface area contributed by atoms with E-state index in [-0.39, 0.29) is 18.4 Å². The predicted molar refractivity (Wildman–Crippen MR) is 111 cm³/mol. The van der Waals surface area contributed by atoms with Gasteiger partial charge in [0, 0.05) is 6.54 Å². The molecule has 6 heteroatoms. The molecule has 0 spiro atoms. The number of ether oxygens (including phenoxy) is 1. The van der Waals surface area contributed by atoms with Crippen molar-refractivity contribution in [2.45, 2.75) is 26.7 Å². The predicted octanol–water partition coefficient (Wildman–Crippen LogP) is 3.57. The number of aryl methyl sites for hydroxylation is 1. The van der Waals surface area contributed by atoms with Gasteiger partial charge in [-0.05, 0) is 37.5 Å². The molecule has 1 heterocycles. The Kier molecular flexibility index (Phi) is 6.44. The maximum Gasteiger partial charge on any atom is 0.342 e. The van der Waals surface area contributed by atoms with Crippen LogP contribution in [0.4, 0.5) is 0 Å². The number of amides is 1. The molecule has 0 fully saturated rings. The average Bonchev–Trinajstić information content (AvgIpc) is 3.05. The Balaban J connectivity index is 1.57. The molecular formula is C23H25N3O3. The van der Waals surface area contributed by atoms with Crippen molar-refractivity contribution in [2.75, 3.05) is 13.2 Å². The van der Waals surface area contributed by atoms with Crippen LogP contribution < -0.4 is 5.32 Å². The molecule has 0 aliphatic heterocycles. The minimum Gasteiger partial charge on any atom is -0.452 e. The first-order chi connectivity index (χ1) is 14.0. The summed E-state index contributed by atoms with van der Waals surface area (Å²) in [6.07, 6.45) is 0. The molecule has 6 nitrogen and oxygen atoms in total. The molecule has 2 aromatic carbocycles. The molecule has 150 valence electrons. The lowest BCUT2D eigenvalue weighted by Crippen LogP contribution is -2.31. The lowest BCUT2D eigenvalue weighted by atomic mass is 10.0. The first-order valence-electron chi connectivity index (χ1n) is 9.57. The van der Waals surface area contributed by atoms with Crippen LogP contribution in [0.5, 0.6) is 0 Å². The van der Waals surface area contributed by atoms with Gasteiger partial charge in [0.15, 0.2) is 6.61 Å². The summed E-state index contributed by atoms with van der Waals surface area (Å²) in [7, 11) is 0. The monoisotopic (exact) mass is 391 g/mol. The van der Waals surface area contributed by atoms with Crippen LogP contribution in [0.3, 0.4) is 0 Å². The summed E-state index contributed by atoms with van der Waals surface area (Å²) in [6, 6.07) is 19.5. The topological polar surface area (TPSA) is 73.2 Å². The minimum absolute atomic E-state index is 0.171. The van der Waals surface area contributed by atoms with Crippen LogP contribution in [0.2, 0.25) is 0 Å². The Morgan fingerprint density at radius 3 is 2.31 bits per heavy atom. The van der Waals surface area contributed by atoms with Gasteiger partial charge in [-0.1, -0.05) is 55.5 Å². The van der Waals surface area contributed by atoms with Crippen molar-refractivity contribution >= 4 is 11.9 Å². The van der Waals surface area contributed by atoms with E-state index in [1.807, 2.05) is 74.5 Å². The molecule has 0 saturated carbocycles. The van der Waals surface area contributed by atoms with Crippen LogP contribution in [-0.2, 0) is 9.53 Å². The van der Waals surface area contributed by atoms with Crippen molar-refractivity contribution in [3.63, 3.8) is 0 Å². The van der Waals surface area contributed by atoms with E-state index >= 15 is 0 Å². The Hall–Kier alpha value is -3.41. The number of carbonyl (C=O) groups is 2. The van der Waals surface area contributed by atoms with Crippen molar-refractivity contribution in [3.8, 4) is 5.69 Å². The third-order valence-electron chi connectivity index (χ3n) is 4.80. The number of hydrogen-bond acceptors (Lipinski definition) is 4. The molecule has 29 heavy (non-hydrogen) atoms. The van der Waals surface area contributed by atoms with Crippen LogP contribution in [0, 0.1) is 13.8 Å². The number of nitrogens with zero attached hydrogens (tertiary/aromatic N) is 2. The van der Waals surface area contributed by atoms with Crippen molar-refractivity contribution in [2.24, 2.45) is 0 Å². The van der Waals surface area contributed by atoms with Gasteiger partial charge < -0.3 is 10.1 Å². The second-order valence-electron chi connectivity index (χ2n) is 6.99. The van der Waals surface area contributed by atoms with Gasteiger partial charge in [0.05, 0.1) is 17.1 Å². The summed E-state index contributed by atoms with van der Waals surface area (Å²) in [5, 5.41) is 7.25. The number of para-hydroxylation sites is 1. The minimum atomic E-state index is -0.548. The van der Waals surface area contributed by atoms with Gasteiger partial charge in [-0.25, -0.2) is 9.48 Å². The lowest BCUT2D eigenvalue weighted by Gasteiger charge is -2.13. The van der Waals surface area contributed by atoms with Gasteiger partial charge in [0.2, 0.25) is 0 Å². The summed E-state index contributed by atoms with van der Waals surface area (Å²) in [4.78, 5) is 24.6. The number of rotatable bonds is 7. The number of aromatic nitrogens is 2. The quantitative estimate of drug-likeness (QED) is 0.625. The zero-order chi connectivity index (χ0) is 20.8. The third-order valence-corrected chi connectivity index (χ3v) is 4.80. The highest BCUT2D eigenvalue weighted by molar-refractivity contribution is 5.93. The van der Waals surface area contributed by atoms with Gasteiger partial charge >= 0.3 is 5.97 Å². The zero-order valence-electron chi connectivity index (χ0n) is 16.9. The highest BCUT2D eigenvalue weighted by Crippen LogP contribution is 2.18. The Morgan fingerprint density at radius 2 is 1.66 bits per heavy atom. The molecule has 3 rings (SSSR count). The van der Waals surface area contributed by atoms with E-state index in [2.05, 4.69) is 10.4 Å². The van der Waals surface area contributed by atoms with Crippen molar-refractivity contribution in [1.82, 2.24) is 15.1 Å². The maximum atomic E-state index is 12.5. The van der Waals surface area contributed by atoms with E-state index in [0.29, 0.717) is 23.5 Å². The van der Waals surface area contributed by atoms with Crippen LogP contribution in [0.25, 0.3) is 5.69 Å². The molecule has 0 radical (unpaired) electrons.